The molecule has 3 aromatic carbocycles. The molecule has 0 radical (unpaired) electrons. The number of carbonyl (C=O) groups is 1. The first kappa shape index (κ1) is 25.0. The average Bonchev–Trinajstić information content (AvgIpc) is 2.89. The largest absolute Gasteiger partial charge is 0.330 e. The van der Waals surface area contributed by atoms with E-state index in [0.717, 1.165) is 17.5 Å². The molecule has 0 N–H and O–H groups in total. The molecule has 180 valence electrons. The third kappa shape index (κ3) is 5.42. The van der Waals surface area contributed by atoms with Crippen molar-refractivity contribution >= 4 is 40.0 Å². The van der Waals surface area contributed by atoms with Gasteiger partial charge in [-0.1, -0.05) is 84.7 Å². The van der Waals surface area contributed by atoms with E-state index in [-0.39, 0.29) is 5.56 Å². The predicted octanol–water partition coefficient (Wildman–Crippen LogP) is 5.88. The van der Waals surface area contributed by atoms with Crippen LogP contribution in [0.2, 0.25) is 0 Å². The van der Waals surface area contributed by atoms with Crippen LogP contribution in [0.25, 0.3) is 16.6 Å². The maximum absolute atomic E-state index is 13.7. The van der Waals surface area contributed by atoms with E-state index in [0.29, 0.717) is 35.4 Å². The number of benzene rings is 3. The van der Waals surface area contributed by atoms with Gasteiger partial charge >= 0.3 is 0 Å². The van der Waals surface area contributed by atoms with E-state index >= 15 is 0 Å². The van der Waals surface area contributed by atoms with Gasteiger partial charge in [-0.05, 0) is 55.2 Å². The summed E-state index contributed by atoms with van der Waals surface area (Å²) in [5.41, 5.74) is 3.32. The van der Waals surface area contributed by atoms with Gasteiger partial charge < -0.3 is 4.90 Å². The van der Waals surface area contributed by atoms with Crippen molar-refractivity contribution in [1.29, 1.82) is 0 Å². The molecular formula is C28H27Cl2N3O2. The first-order chi connectivity index (χ1) is 16.9. The molecule has 1 atom stereocenters. The van der Waals surface area contributed by atoms with Gasteiger partial charge in [0, 0.05) is 6.54 Å². The molecule has 0 spiro atoms. The second-order valence-electron chi connectivity index (χ2n) is 8.39. The smallest absolute Gasteiger partial charge is 0.266 e. The monoisotopic (exact) mass is 507 g/mol. The molecule has 35 heavy (non-hydrogen) atoms. The molecule has 0 aliphatic heterocycles. The highest BCUT2D eigenvalue weighted by molar-refractivity contribution is 6.53. The fourth-order valence-electron chi connectivity index (χ4n) is 4.21. The summed E-state index contributed by atoms with van der Waals surface area (Å²) >= 11 is 12.1. The Bertz CT molecular complexity index is 1370. The standard InChI is InChI=1S/C28H27Cl2N3O2/c1-3-20-13-15-22(16-14-20)33-26(31-24-12-8-7-11-23(24)27(33)34)19(2)32(28(35)25(29)30)18-17-21-9-5-4-6-10-21/h4-16,19,25H,3,17-18H2,1-2H3. The van der Waals surface area contributed by atoms with Gasteiger partial charge in [-0.25, -0.2) is 4.98 Å². The second-order valence-corrected chi connectivity index (χ2v) is 9.49. The quantitative estimate of drug-likeness (QED) is 0.279. The Morgan fingerprint density at radius 3 is 2.26 bits per heavy atom. The van der Waals surface area contributed by atoms with Gasteiger partial charge in [0.25, 0.3) is 11.5 Å². The molecule has 0 aliphatic rings. The van der Waals surface area contributed by atoms with Gasteiger partial charge in [-0.15, -0.1) is 0 Å². The number of carbonyl (C=O) groups excluding carboxylic acids is 1. The Kier molecular flexibility index (Phi) is 7.89. The van der Waals surface area contributed by atoms with Crippen LogP contribution in [0.5, 0.6) is 0 Å². The van der Waals surface area contributed by atoms with E-state index in [4.69, 9.17) is 28.2 Å². The van der Waals surface area contributed by atoms with Crippen molar-refractivity contribution in [2.45, 2.75) is 37.6 Å². The van der Waals surface area contributed by atoms with Crippen LogP contribution in [0.3, 0.4) is 0 Å². The van der Waals surface area contributed by atoms with Gasteiger partial charge in [0.1, 0.15) is 5.82 Å². The van der Waals surface area contributed by atoms with Gasteiger partial charge in [-0.2, -0.15) is 0 Å². The van der Waals surface area contributed by atoms with Crippen molar-refractivity contribution in [3.8, 4) is 5.69 Å². The van der Waals surface area contributed by atoms with Crippen LogP contribution in [0, 0.1) is 0 Å². The molecule has 1 heterocycles. The summed E-state index contributed by atoms with van der Waals surface area (Å²) < 4.78 is 1.59. The highest BCUT2D eigenvalue weighted by Crippen LogP contribution is 2.25. The molecule has 4 aromatic rings. The molecule has 0 saturated carbocycles. The lowest BCUT2D eigenvalue weighted by Crippen LogP contribution is -2.41. The molecule has 1 amide bonds. The molecule has 0 aliphatic carbocycles. The van der Waals surface area contributed by atoms with Crippen molar-refractivity contribution in [3.05, 3.63) is 106 Å². The summed E-state index contributed by atoms with van der Waals surface area (Å²) in [5, 5.41) is 0.512. The zero-order valence-electron chi connectivity index (χ0n) is 19.7. The van der Waals surface area contributed by atoms with E-state index in [1.54, 1.807) is 21.6 Å². The van der Waals surface area contributed by atoms with E-state index in [1.807, 2.05) is 73.7 Å². The Balaban J connectivity index is 1.84. The Morgan fingerprint density at radius 1 is 0.943 bits per heavy atom. The molecule has 0 fully saturated rings. The number of amides is 1. The number of para-hydroxylation sites is 1. The van der Waals surface area contributed by atoms with Gasteiger partial charge in [0.2, 0.25) is 0 Å². The zero-order valence-corrected chi connectivity index (χ0v) is 21.2. The van der Waals surface area contributed by atoms with Crippen LogP contribution in [0.15, 0.2) is 83.7 Å². The van der Waals surface area contributed by atoms with Crippen LogP contribution in [0.4, 0.5) is 0 Å². The van der Waals surface area contributed by atoms with Crippen LogP contribution >= 0.6 is 23.2 Å². The summed E-state index contributed by atoms with van der Waals surface area (Å²) in [4.78, 5) is 32.0. The van der Waals surface area contributed by atoms with Crippen molar-refractivity contribution in [3.63, 3.8) is 0 Å². The van der Waals surface area contributed by atoms with Crippen LogP contribution < -0.4 is 5.56 Å². The van der Waals surface area contributed by atoms with E-state index < -0.39 is 16.8 Å². The van der Waals surface area contributed by atoms with Crippen molar-refractivity contribution in [2.24, 2.45) is 0 Å². The normalized spacial score (nSPS) is 12.1. The topological polar surface area (TPSA) is 55.2 Å². The summed E-state index contributed by atoms with van der Waals surface area (Å²) in [6.45, 7) is 4.31. The van der Waals surface area contributed by atoms with Gasteiger partial charge in [-0.3, -0.25) is 14.2 Å². The third-order valence-electron chi connectivity index (χ3n) is 6.20. The van der Waals surface area contributed by atoms with Gasteiger partial charge in [0.05, 0.1) is 22.6 Å². The summed E-state index contributed by atoms with van der Waals surface area (Å²) in [5.74, 6) is 0.0281. The molecule has 0 saturated heterocycles. The first-order valence-electron chi connectivity index (χ1n) is 11.6. The maximum atomic E-state index is 13.7. The maximum Gasteiger partial charge on any atom is 0.266 e. The fourth-order valence-corrected chi connectivity index (χ4v) is 4.46. The highest BCUT2D eigenvalue weighted by atomic mass is 35.5. The minimum Gasteiger partial charge on any atom is -0.330 e. The SMILES string of the molecule is CCc1ccc(-n2c(C(C)N(CCc3ccccc3)C(=O)C(Cl)Cl)nc3ccccc3c2=O)cc1. The molecule has 4 rings (SSSR count). The molecular weight excluding hydrogens is 481 g/mol. The number of fused-ring (bicyclic) bond motifs is 1. The number of aromatic nitrogens is 2. The Labute approximate surface area is 214 Å². The number of halogens is 2. The van der Waals surface area contributed by atoms with Crippen LogP contribution in [0.1, 0.15) is 36.8 Å². The summed E-state index contributed by atoms with van der Waals surface area (Å²) in [6, 6.07) is 24.4. The minimum absolute atomic E-state index is 0.189. The lowest BCUT2D eigenvalue weighted by molar-refractivity contribution is -0.131. The number of nitrogens with zero attached hydrogens (tertiary/aromatic N) is 3. The Hall–Kier alpha value is -3.15. The minimum atomic E-state index is -1.22. The van der Waals surface area contributed by atoms with E-state index in [2.05, 4.69) is 6.92 Å². The van der Waals surface area contributed by atoms with E-state index in [9.17, 15) is 9.59 Å². The molecule has 5 nitrogen and oxygen atoms in total. The molecule has 1 aromatic heterocycles. The molecule has 0 bridgehead atoms. The number of alkyl halides is 2. The third-order valence-corrected chi connectivity index (χ3v) is 6.57. The van der Waals surface area contributed by atoms with E-state index in [1.165, 1.54) is 0 Å². The highest BCUT2D eigenvalue weighted by Gasteiger charge is 2.29. The lowest BCUT2D eigenvalue weighted by atomic mass is 10.1. The van der Waals surface area contributed by atoms with Gasteiger partial charge in [0.15, 0.2) is 4.84 Å². The number of rotatable bonds is 8. The van der Waals surface area contributed by atoms with Crippen molar-refractivity contribution in [1.82, 2.24) is 14.5 Å². The summed E-state index contributed by atoms with van der Waals surface area (Å²) in [6.07, 6.45) is 1.50. The first-order valence-corrected chi connectivity index (χ1v) is 12.5. The lowest BCUT2D eigenvalue weighted by Gasteiger charge is -2.31. The second kappa shape index (κ2) is 11.1. The predicted molar refractivity (Wildman–Crippen MR) is 142 cm³/mol. The number of hydrogen-bond donors (Lipinski definition) is 0. The number of aryl methyl sites for hydroxylation is 1. The average molecular weight is 508 g/mol. The van der Waals surface area contributed by atoms with Crippen molar-refractivity contribution < 1.29 is 4.79 Å². The van der Waals surface area contributed by atoms with Crippen LogP contribution in [-0.2, 0) is 17.6 Å². The number of hydrogen-bond acceptors (Lipinski definition) is 3. The molecule has 7 heteroatoms. The summed E-state index contributed by atoms with van der Waals surface area (Å²) in [7, 11) is 0. The fraction of sp³-hybridized carbons (Fsp3) is 0.250. The Morgan fingerprint density at radius 2 is 1.60 bits per heavy atom. The van der Waals surface area contributed by atoms with Crippen LogP contribution in [-0.4, -0.2) is 31.7 Å². The van der Waals surface area contributed by atoms with Crippen molar-refractivity contribution in [2.75, 3.05) is 6.54 Å². The molecule has 1 unspecified atom stereocenters. The zero-order chi connectivity index (χ0) is 24.9.